The van der Waals surface area contributed by atoms with Crippen molar-refractivity contribution in [3.63, 3.8) is 0 Å². The van der Waals surface area contributed by atoms with E-state index in [2.05, 4.69) is 30.0 Å². The highest BCUT2D eigenvalue weighted by Crippen LogP contribution is 2.37. The van der Waals surface area contributed by atoms with Gasteiger partial charge in [0.1, 0.15) is 0 Å². The summed E-state index contributed by atoms with van der Waals surface area (Å²) in [5, 5.41) is 12.0. The molecule has 0 radical (unpaired) electrons. The Balaban J connectivity index is 1.36. The molecule has 0 bridgehead atoms. The summed E-state index contributed by atoms with van der Waals surface area (Å²) in [7, 11) is 0. The second kappa shape index (κ2) is 9.12. The minimum Gasteiger partial charge on any atom is -0.619 e. The molecule has 6 nitrogen and oxygen atoms in total. The highest BCUT2D eigenvalue weighted by atomic mass is 35.5. The van der Waals surface area contributed by atoms with Crippen molar-refractivity contribution in [3.8, 4) is 0 Å². The molecular weight excluding hydrogens is 436 g/mol. The summed E-state index contributed by atoms with van der Waals surface area (Å²) in [6, 6.07) is 11.9. The zero-order chi connectivity index (χ0) is 22.9. The molecule has 3 aromatic rings. The van der Waals surface area contributed by atoms with Gasteiger partial charge in [0, 0.05) is 49.5 Å². The molecule has 0 saturated carbocycles. The summed E-state index contributed by atoms with van der Waals surface area (Å²) in [6.07, 6.45) is 7.04. The molecule has 2 aliphatic rings. The average Bonchev–Trinajstić information content (AvgIpc) is 2.97. The van der Waals surface area contributed by atoms with E-state index in [9.17, 15) is 10.0 Å². The Hall–Kier alpha value is -2.96. The molecule has 1 unspecified atom stereocenters. The van der Waals surface area contributed by atoms with Crippen LogP contribution in [-0.4, -0.2) is 46.9 Å². The Bertz CT molecular complexity index is 1120. The normalized spacial score (nSPS) is 18.4. The van der Waals surface area contributed by atoms with Crippen molar-refractivity contribution in [1.82, 2.24) is 14.8 Å². The highest BCUT2D eigenvalue weighted by Gasteiger charge is 2.33. The van der Waals surface area contributed by atoms with Crippen LogP contribution in [-0.2, 0) is 24.1 Å². The smallest absolute Gasteiger partial charge is 0.227 e. The van der Waals surface area contributed by atoms with Gasteiger partial charge in [0.2, 0.25) is 5.91 Å². The lowest BCUT2D eigenvalue weighted by atomic mass is 9.96. The van der Waals surface area contributed by atoms with Crippen molar-refractivity contribution >= 4 is 17.5 Å². The quantitative estimate of drug-likeness (QED) is 0.442. The molecule has 33 heavy (non-hydrogen) atoms. The summed E-state index contributed by atoms with van der Waals surface area (Å²) in [5.74, 6) is 0.0977. The fraction of sp³-hybridized carbons (Fsp3) is 0.346. The van der Waals surface area contributed by atoms with Crippen molar-refractivity contribution in [2.24, 2.45) is 0 Å². The number of hydrogen-bond acceptors (Lipinski definition) is 4. The van der Waals surface area contributed by atoms with Crippen molar-refractivity contribution in [1.29, 1.82) is 0 Å². The van der Waals surface area contributed by atoms with Crippen LogP contribution in [0, 0.1) is 12.1 Å². The second-order valence-corrected chi connectivity index (χ2v) is 9.40. The third-order valence-corrected chi connectivity index (χ3v) is 6.95. The van der Waals surface area contributed by atoms with E-state index in [0.717, 1.165) is 46.9 Å². The van der Waals surface area contributed by atoms with Crippen molar-refractivity contribution in [2.45, 2.75) is 32.2 Å². The molecule has 170 valence electrons. The number of aryl methyl sites for hydroxylation is 3. The van der Waals surface area contributed by atoms with Gasteiger partial charge in [-0.1, -0.05) is 23.7 Å². The van der Waals surface area contributed by atoms with Gasteiger partial charge >= 0.3 is 0 Å². The fourth-order valence-corrected chi connectivity index (χ4v) is 5.20. The largest absolute Gasteiger partial charge is 0.619 e. The number of carbonyl (C=O) groups excluding carboxylic acids is 1. The Labute approximate surface area is 199 Å². The van der Waals surface area contributed by atoms with Gasteiger partial charge in [0.25, 0.3) is 0 Å². The number of benzene rings is 1. The van der Waals surface area contributed by atoms with Crippen LogP contribution >= 0.6 is 11.6 Å². The molecule has 1 aliphatic carbocycles. The summed E-state index contributed by atoms with van der Waals surface area (Å²) < 4.78 is 0.734. The van der Waals surface area contributed by atoms with Gasteiger partial charge in [-0.3, -0.25) is 14.7 Å². The van der Waals surface area contributed by atoms with Crippen LogP contribution in [0.2, 0.25) is 5.02 Å². The minimum atomic E-state index is 0.0641. The van der Waals surface area contributed by atoms with E-state index < -0.39 is 0 Å². The van der Waals surface area contributed by atoms with Crippen LogP contribution in [0.3, 0.4) is 0 Å². The van der Waals surface area contributed by atoms with E-state index in [1.165, 1.54) is 34.6 Å². The van der Waals surface area contributed by atoms with Crippen molar-refractivity contribution in [2.75, 3.05) is 26.2 Å². The third kappa shape index (κ3) is 4.59. The number of aromatic nitrogens is 2. The van der Waals surface area contributed by atoms with Crippen LogP contribution in [0.4, 0.5) is 0 Å². The molecule has 1 atom stereocenters. The average molecular weight is 463 g/mol. The maximum Gasteiger partial charge on any atom is 0.227 e. The number of hydrogen-bond donors (Lipinski definition) is 0. The summed E-state index contributed by atoms with van der Waals surface area (Å²) >= 11 is 6.34. The van der Waals surface area contributed by atoms with Crippen LogP contribution in [0.5, 0.6) is 0 Å². The van der Waals surface area contributed by atoms with Crippen molar-refractivity contribution < 1.29 is 9.52 Å². The number of nitrogens with zero attached hydrogens (tertiary/aromatic N) is 4. The topological polar surface area (TPSA) is 63.4 Å². The van der Waals surface area contributed by atoms with E-state index in [4.69, 9.17) is 16.6 Å². The van der Waals surface area contributed by atoms with Gasteiger partial charge in [-0.25, -0.2) is 0 Å². The Morgan fingerprint density at radius 1 is 1.09 bits per heavy atom. The van der Waals surface area contributed by atoms with Gasteiger partial charge < -0.3 is 10.1 Å². The Kier molecular flexibility index (Phi) is 6.04. The Morgan fingerprint density at radius 2 is 1.82 bits per heavy atom. The van der Waals surface area contributed by atoms with E-state index >= 15 is 0 Å². The maximum atomic E-state index is 12.9. The first kappa shape index (κ1) is 21.9. The molecular formula is C26H27ClN4O2. The zero-order valence-corrected chi connectivity index (χ0v) is 19.5. The van der Waals surface area contributed by atoms with E-state index in [1.807, 2.05) is 17.2 Å². The van der Waals surface area contributed by atoms with Gasteiger partial charge in [-0.2, -0.15) is 4.73 Å². The lowest BCUT2D eigenvalue weighted by Crippen LogP contribution is -2.50. The lowest BCUT2D eigenvalue weighted by molar-refractivity contribution is -0.605. The molecule has 1 saturated heterocycles. The summed E-state index contributed by atoms with van der Waals surface area (Å²) in [5.41, 5.74) is 7.00. The number of piperazine rings is 1. The van der Waals surface area contributed by atoms with Gasteiger partial charge in [-0.15, -0.1) is 0 Å². The molecule has 0 N–H and O–H groups in total. The third-order valence-electron chi connectivity index (χ3n) is 6.72. The van der Waals surface area contributed by atoms with Crippen LogP contribution < -0.4 is 4.73 Å². The lowest BCUT2D eigenvalue weighted by Gasteiger charge is -2.40. The molecule has 1 amide bonds. The number of rotatable bonds is 3. The van der Waals surface area contributed by atoms with E-state index in [0.29, 0.717) is 19.5 Å². The number of carbonyl (C=O) groups is 1. The van der Waals surface area contributed by atoms with Crippen LogP contribution in [0.15, 0.2) is 55.0 Å². The van der Waals surface area contributed by atoms with E-state index in [-0.39, 0.29) is 11.9 Å². The molecule has 1 fully saturated rings. The molecule has 5 rings (SSSR count). The van der Waals surface area contributed by atoms with Crippen LogP contribution in [0.25, 0.3) is 0 Å². The number of fused-ring (bicyclic) bond motifs is 2. The first-order chi connectivity index (χ1) is 16.0. The summed E-state index contributed by atoms with van der Waals surface area (Å²) in [6.45, 7) is 5.00. The monoisotopic (exact) mass is 462 g/mol. The molecule has 3 heterocycles. The molecule has 2 aromatic heterocycles. The predicted molar refractivity (Wildman–Crippen MR) is 127 cm³/mol. The van der Waals surface area contributed by atoms with Gasteiger partial charge in [-0.05, 0) is 59.7 Å². The highest BCUT2D eigenvalue weighted by molar-refractivity contribution is 6.30. The second-order valence-electron chi connectivity index (χ2n) is 8.96. The van der Waals surface area contributed by atoms with Gasteiger partial charge in [0.05, 0.1) is 18.2 Å². The number of amides is 1. The molecule has 1 aliphatic heterocycles. The standard InChI is InChI=1S/C26H27ClN4O2/c1-18-14-21-3-2-20-16-22(27)4-5-23(20)26(25(21)28-17-18)30-12-10-29(11-13-30)24(32)15-19-6-8-31(33)9-7-19/h4-9,14,16-17,26H,2-3,10-13,15H2,1H3. The minimum absolute atomic E-state index is 0.0641. The molecule has 0 spiro atoms. The van der Waals surface area contributed by atoms with Crippen molar-refractivity contribution in [3.05, 3.63) is 98.7 Å². The van der Waals surface area contributed by atoms with E-state index in [1.54, 1.807) is 12.1 Å². The van der Waals surface area contributed by atoms with Gasteiger partial charge in [0.15, 0.2) is 12.4 Å². The Morgan fingerprint density at radius 3 is 2.58 bits per heavy atom. The molecule has 7 heteroatoms. The SMILES string of the molecule is Cc1cnc2c(c1)CCc1cc(Cl)ccc1C2N1CCN(C(=O)Cc2cc[n+]([O-])cc2)CC1. The summed E-state index contributed by atoms with van der Waals surface area (Å²) in [4.78, 5) is 22.1. The first-order valence-corrected chi connectivity index (χ1v) is 11.8. The fourth-order valence-electron chi connectivity index (χ4n) is 5.01. The number of halogens is 1. The maximum absolute atomic E-state index is 12.9. The van der Waals surface area contributed by atoms with Crippen LogP contribution in [0.1, 0.15) is 39.6 Å². The number of pyridine rings is 2. The predicted octanol–water partition coefficient (Wildman–Crippen LogP) is 3.25. The zero-order valence-electron chi connectivity index (χ0n) is 18.7. The molecule has 1 aromatic carbocycles. The first-order valence-electron chi connectivity index (χ1n) is 11.4.